The molecular weight excluding hydrogens is 460 g/mol. The van der Waals surface area contributed by atoms with Crippen LogP contribution in [0.2, 0.25) is 5.02 Å². The Hall–Kier alpha value is -3.49. The predicted octanol–water partition coefficient (Wildman–Crippen LogP) is 4.69. The lowest BCUT2D eigenvalue weighted by Gasteiger charge is -2.10. The first-order valence-corrected chi connectivity index (χ1v) is 11.4. The largest absolute Gasteiger partial charge is 0.504 e. The number of carbonyl (C=O) groups is 1. The molecule has 0 saturated carbocycles. The number of para-hydroxylation sites is 2. The Bertz CT molecular complexity index is 1320. The van der Waals surface area contributed by atoms with Crippen LogP contribution in [-0.4, -0.2) is 39.6 Å². The summed E-state index contributed by atoms with van der Waals surface area (Å²) in [5, 5.41) is 15.0. The minimum atomic E-state index is -0.265. The number of hydrogen-bond donors (Lipinski definition) is 2. The van der Waals surface area contributed by atoms with Gasteiger partial charge in [0.2, 0.25) is 0 Å². The molecule has 1 heterocycles. The van der Waals surface area contributed by atoms with Crippen LogP contribution in [0.15, 0.2) is 77.0 Å². The highest BCUT2D eigenvalue weighted by molar-refractivity contribution is 7.99. The third kappa shape index (κ3) is 5.47. The minimum Gasteiger partial charge on any atom is -0.504 e. The molecule has 2 N–H and O–H groups in total. The standard InChI is InChI=1S/C24H21ClN4O3S/c1-32-22-12-16(10-11-21(22)30)13-26-28-23(31)15-33-24-27-19-8-4-5-9-20(19)29(24)14-17-6-2-3-7-18(17)25/h2-13,30H,14-15H2,1H3,(H,28,31)/b26-13+. The van der Waals surface area contributed by atoms with Crippen LogP contribution in [0.1, 0.15) is 11.1 Å². The SMILES string of the molecule is COc1cc(/C=N/NC(=O)CSc2nc3ccccc3n2Cc2ccccc2Cl)ccc1O. The second-order valence-electron chi connectivity index (χ2n) is 7.07. The molecule has 0 bridgehead atoms. The number of thioether (sulfide) groups is 1. The first-order chi connectivity index (χ1) is 16.0. The van der Waals surface area contributed by atoms with Crippen molar-refractivity contribution in [3.63, 3.8) is 0 Å². The Morgan fingerprint density at radius 1 is 1.21 bits per heavy atom. The number of benzene rings is 3. The van der Waals surface area contributed by atoms with Gasteiger partial charge in [0.25, 0.3) is 5.91 Å². The Morgan fingerprint density at radius 2 is 2.00 bits per heavy atom. The monoisotopic (exact) mass is 480 g/mol. The third-order valence-electron chi connectivity index (χ3n) is 4.84. The van der Waals surface area contributed by atoms with Crippen LogP contribution in [0.25, 0.3) is 11.0 Å². The number of methoxy groups -OCH3 is 1. The molecule has 0 unspecified atom stereocenters. The Morgan fingerprint density at radius 3 is 2.82 bits per heavy atom. The maximum absolute atomic E-state index is 12.4. The van der Waals surface area contributed by atoms with Crippen LogP contribution in [0.5, 0.6) is 11.5 Å². The summed E-state index contributed by atoms with van der Waals surface area (Å²) in [6.07, 6.45) is 1.48. The summed E-state index contributed by atoms with van der Waals surface area (Å²) in [6, 6.07) is 20.3. The fourth-order valence-electron chi connectivity index (χ4n) is 3.23. The van der Waals surface area contributed by atoms with Crippen molar-refractivity contribution in [1.82, 2.24) is 15.0 Å². The number of amides is 1. The molecule has 4 aromatic rings. The van der Waals surface area contributed by atoms with Crippen molar-refractivity contribution in [2.24, 2.45) is 5.10 Å². The number of aromatic nitrogens is 2. The highest BCUT2D eigenvalue weighted by atomic mass is 35.5. The number of nitrogens with one attached hydrogen (secondary N) is 1. The molecule has 0 aliphatic rings. The number of aromatic hydroxyl groups is 1. The zero-order valence-corrected chi connectivity index (χ0v) is 19.3. The first-order valence-electron chi connectivity index (χ1n) is 10.1. The van der Waals surface area contributed by atoms with Gasteiger partial charge >= 0.3 is 0 Å². The molecule has 0 spiro atoms. The van der Waals surface area contributed by atoms with Crippen molar-refractivity contribution in [3.8, 4) is 11.5 Å². The van der Waals surface area contributed by atoms with Crippen LogP contribution >= 0.6 is 23.4 Å². The Balaban J connectivity index is 1.44. The lowest BCUT2D eigenvalue weighted by atomic mass is 10.2. The maximum atomic E-state index is 12.4. The van der Waals surface area contributed by atoms with Gasteiger partial charge in [0.05, 0.1) is 36.7 Å². The molecule has 7 nitrogen and oxygen atoms in total. The number of hydrazone groups is 1. The molecule has 1 aromatic heterocycles. The molecule has 0 aliphatic carbocycles. The van der Waals surface area contributed by atoms with Gasteiger partial charge in [0, 0.05) is 5.02 Å². The van der Waals surface area contributed by atoms with E-state index in [-0.39, 0.29) is 17.4 Å². The zero-order chi connectivity index (χ0) is 23.2. The Kier molecular flexibility index (Phi) is 7.16. The summed E-state index contributed by atoms with van der Waals surface area (Å²) in [7, 11) is 1.47. The molecule has 3 aromatic carbocycles. The van der Waals surface area contributed by atoms with Gasteiger partial charge in [-0.15, -0.1) is 0 Å². The summed E-state index contributed by atoms with van der Waals surface area (Å²) in [6.45, 7) is 0.547. The number of hydrogen-bond acceptors (Lipinski definition) is 6. The summed E-state index contributed by atoms with van der Waals surface area (Å²) >= 11 is 7.70. The fourth-order valence-corrected chi connectivity index (χ4v) is 4.23. The second-order valence-corrected chi connectivity index (χ2v) is 8.42. The van der Waals surface area contributed by atoms with Crippen LogP contribution in [0.3, 0.4) is 0 Å². The predicted molar refractivity (Wildman–Crippen MR) is 131 cm³/mol. The van der Waals surface area contributed by atoms with E-state index in [9.17, 15) is 9.90 Å². The highest BCUT2D eigenvalue weighted by Crippen LogP contribution is 2.27. The van der Waals surface area contributed by atoms with E-state index in [1.165, 1.54) is 31.2 Å². The molecule has 33 heavy (non-hydrogen) atoms. The van der Waals surface area contributed by atoms with Crippen LogP contribution in [-0.2, 0) is 11.3 Å². The number of rotatable bonds is 8. The number of ether oxygens (including phenoxy) is 1. The van der Waals surface area contributed by atoms with Crippen molar-refractivity contribution < 1.29 is 14.6 Å². The van der Waals surface area contributed by atoms with Crippen molar-refractivity contribution in [2.75, 3.05) is 12.9 Å². The number of halogens is 1. The van der Waals surface area contributed by atoms with Crippen LogP contribution < -0.4 is 10.2 Å². The average Bonchev–Trinajstić information content (AvgIpc) is 3.17. The molecule has 1 amide bonds. The van der Waals surface area contributed by atoms with Gasteiger partial charge in [-0.2, -0.15) is 5.10 Å². The van der Waals surface area contributed by atoms with Crippen LogP contribution in [0, 0.1) is 0 Å². The molecule has 0 aliphatic heterocycles. The van der Waals surface area contributed by atoms with Gasteiger partial charge in [-0.05, 0) is 47.5 Å². The van der Waals surface area contributed by atoms with E-state index in [2.05, 4.69) is 15.1 Å². The van der Waals surface area contributed by atoms with Gasteiger partial charge in [-0.1, -0.05) is 53.7 Å². The van der Waals surface area contributed by atoms with Crippen molar-refractivity contribution >= 4 is 46.5 Å². The third-order valence-corrected chi connectivity index (χ3v) is 6.19. The van der Waals surface area contributed by atoms with Crippen molar-refractivity contribution in [3.05, 3.63) is 82.9 Å². The topological polar surface area (TPSA) is 88.7 Å². The number of phenolic OH excluding ortho intramolecular Hbond substituents is 1. The first kappa shape index (κ1) is 22.7. The number of fused-ring (bicyclic) bond motifs is 1. The van der Waals surface area contributed by atoms with E-state index < -0.39 is 0 Å². The van der Waals surface area contributed by atoms with Crippen molar-refractivity contribution in [1.29, 1.82) is 0 Å². The van der Waals surface area contributed by atoms with E-state index in [1.807, 2.05) is 48.5 Å². The lowest BCUT2D eigenvalue weighted by molar-refractivity contribution is -0.118. The van der Waals surface area contributed by atoms with Gasteiger partial charge in [0.15, 0.2) is 16.7 Å². The van der Waals surface area contributed by atoms with Gasteiger partial charge in [-0.3, -0.25) is 4.79 Å². The Labute approximate surface area is 200 Å². The summed E-state index contributed by atoms with van der Waals surface area (Å²) in [5.74, 6) is 0.244. The maximum Gasteiger partial charge on any atom is 0.250 e. The average molecular weight is 481 g/mol. The zero-order valence-electron chi connectivity index (χ0n) is 17.7. The second kappa shape index (κ2) is 10.4. The number of phenols is 1. The lowest BCUT2D eigenvalue weighted by Crippen LogP contribution is -2.20. The summed E-state index contributed by atoms with van der Waals surface area (Å²) in [5.41, 5.74) is 5.99. The van der Waals surface area contributed by atoms with Crippen molar-refractivity contribution in [2.45, 2.75) is 11.7 Å². The van der Waals surface area contributed by atoms with Gasteiger partial charge < -0.3 is 14.4 Å². The van der Waals surface area contributed by atoms with E-state index in [0.717, 1.165) is 21.8 Å². The van der Waals surface area contributed by atoms with Gasteiger partial charge in [0.1, 0.15) is 0 Å². The minimum absolute atomic E-state index is 0.0368. The molecule has 0 fully saturated rings. The molecule has 0 saturated heterocycles. The molecule has 9 heteroatoms. The molecule has 0 atom stereocenters. The van der Waals surface area contributed by atoms with E-state index >= 15 is 0 Å². The van der Waals surface area contributed by atoms with E-state index in [4.69, 9.17) is 21.3 Å². The molecule has 4 rings (SSSR count). The fraction of sp³-hybridized carbons (Fsp3) is 0.125. The summed E-state index contributed by atoms with van der Waals surface area (Å²) in [4.78, 5) is 17.0. The van der Waals surface area contributed by atoms with Crippen LogP contribution in [0.4, 0.5) is 0 Å². The molecule has 168 valence electrons. The molecule has 0 radical (unpaired) electrons. The van der Waals surface area contributed by atoms with Gasteiger partial charge in [-0.25, -0.2) is 10.4 Å². The quantitative estimate of drug-likeness (QED) is 0.217. The smallest absolute Gasteiger partial charge is 0.250 e. The normalized spacial score (nSPS) is 11.2. The number of nitrogens with zero attached hydrogens (tertiary/aromatic N) is 3. The summed E-state index contributed by atoms with van der Waals surface area (Å²) < 4.78 is 7.12. The number of imidazole rings is 1. The highest BCUT2D eigenvalue weighted by Gasteiger charge is 2.14. The molecular formula is C24H21ClN4O3S. The van der Waals surface area contributed by atoms with E-state index in [0.29, 0.717) is 22.9 Å². The van der Waals surface area contributed by atoms with E-state index in [1.54, 1.807) is 12.1 Å². The number of carbonyl (C=O) groups excluding carboxylic acids is 1.